The van der Waals surface area contributed by atoms with Crippen molar-refractivity contribution < 1.29 is 28.5 Å². The third-order valence-electron chi connectivity index (χ3n) is 2.78. The number of amides is 2. The Kier molecular flexibility index (Phi) is 46.3. The zero-order chi connectivity index (χ0) is 23.9. The van der Waals surface area contributed by atoms with Crippen LogP contribution in [0, 0.1) is 0 Å². The van der Waals surface area contributed by atoms with Crippen molar-refractivity contribution in [3.63, 3.8) is 0 Å². The van der Waals surface area contributed by atoms with Gasteiger partial charge in [0.1, 0.15) is 0 Å². The Morgan fingerprint density at radius 2 is 0.933 bits per heavy atom. The Morgan fingerprint density at radius 3 is 1.27 bits per heavy atom. The maximum absolute atomic E-state index is 11.2. The van der Waals surface area contributed by atoms with Crippen LogP contribution in [0.25, 0.3) is 0 Å². The molecule has 0 aliphatic rings. The van der Waals surface area contributed by atoms with Gasteiger partial charge in [0.2, 0.25) is 11.8 Å². The summed E-state index contributed by atoms with van der Waals surface area (Å²) in [5, 5.41) is 5.42. The van der Waals surface area contributed by atoms with Crippen LogP contribution in [0.4, 0.5) is 0 Å². The maximum Gasteiger partial charge on any atom is 0.220 e. The minimum absolute atomic E-state index is 0.0581. The molecule has 0 saturated heterocycles. The van der Waals surface area contributed by atoms with Crippen molar-refractivity contribution >= 4 is 11.8 Å². The molecule has 8 heteroatoms. The molecule has 0 aliphatic heterocycles. The maximum atomic E-state index is 11.2. The molecule has 0 saturated carbocycles. The van der Waals surface area contributed by atoms with Crippen molar-refractivity contribution in [3.8, 4) is 0 Å². The van der Waals surface area contributed by atoms with Crippen molar-refractivity contribution in [2.24, 2.45) is 0 Å². The van der Waals surface area contributed by atoms with Gasteiger partial charge in [-0.15, -0.1) is 0 Å². The minimum Gasteiger partial charge on any atom is -0.377 e. The lowest BCUT2D eigenvalue weighted by atomic mass is 10.3. The van der Waals surface area contributed by atoms with Crippen LogP contribution in [0.1, 0.15) is 68.2 Å². The fraction of sp³-hybridized carbons (Fsp3) is 0.909. The Balaban J connectivity index is -0.000000512. The molecule has 0 aromatic carbocycles. The first-order chi connectivity index (χ1) is 14.7. The molecule has 0 aliphatic carbocycles. The number of hydrogen-bond donors (Lipinski definition) is 2. The van der Waals surface area contributed by atoms with E-state index in [-0.39, 0.29) is 11.8 Å². The van der Waals surface area contributed by atoms with Crippen molar-refractivity contribution in [1.29, 1.82) is 0 Å². The highest BCUT2D eigenvalue weighted by Crippen LogP contribution is 1.85. The van der Waals surface area contributed by atoms with Crippen LogP contribution in [0.3, 0.4) is 0 Å². The van der Waals surface area contributed by atoms with Gasteiger partial charge in [-0.05, 0) is 6.42 Å². The molecule has 0 heterocycles. The summed E-state index contributed by atoms with van der Waals surface area (Å²) in [6.07, 6.45) is 1.41. The largest absolute Gasteiger partial charge is 0.377 e. The fourth-order valence-electron chi connectivity index (χ4n) is 1.64. The average Bonchev–Trinajstić information content (AvgIpc) is 2.77. The monoisotopic (exact) mass is 438 g/mol. The molecule has 184 valence electrons. The third-order valence-corrected chi connectivity index (χ3v) is 2.78. The number of hydrogen-bond acceptors (Lipinski definition) is 6. The van der Waals surface area contributed by atoms with Crippen molar-refractivity contribution in [1.82, 2.24) is 10.6 Å². The molecule has 0 unspecified atom stereocenters. The second-order valence-electron chi connectivity index (χ2n) is 5.03. The normalized spacial score (nSPS) is 9.07. The molecule has 0 radical (unpaired) electrons. The van der Waals surface area contributed by atoms with Gasteiger partial charge in [0.05, 0.1) is 52.9 Å². The van der Waals surface area contributed by atoms with Gasteiger partial charge >= 0.3 is 0 Å². The van der Waals surface area contributed by atoms with E-state index < -0.39 is 0 Å². The first-order valence-electron chi connectivity index (χ1n) is 11.5. The molecule has 0 spiro atoms. The van der Waals surface area contributed by atoms with Crippen LogP contribution in [0.2, 0.25) is 0 Å². The Bertz CT molecular complexity index is 318. The SMILES string of the molecule is CC.CC.CC.CCCC(=O)NCCOCCOCCOCCOCCNC(C)=O. The van der Waals surface area contributed by atoms with Crippen LogP contribution >= 0.6 is 0 Å². The topological polar surface area (TPSA) is 95.1 Å². The Hall–Kier alpha value is -1.22. The predicted octanol–water partition coefficient (Wildman–Crippen LogP) is 3.18. The number of rotatable bonds is 17. The van der Waals surface area contributed by atoms with E-state index in [0.717, 1.165) is 6.42 Å². The Morgan fingerprint density at radius 1 is 0.600 bits per heavy atom. The van der Waals surface area contributed by atoms with Crippen LogP contribution < -0.4 is 10.6 Å². The minimum atomic E-state index is -0.0581. The fourth-order valence-corrected chi connectivity index (χ4v) is 1.64. The van der Waals surface area contributed by atoms with Crippen molar-refractivity contribution in [2.75, 3.05) is 65.9 Å². The lowest BCUT2D eigenvalue weighted by molar-refractivity contribution is -0.121. The smallest absolute Gasteiger partial charge is 0.220 e. The third kappa shape index (κ3) is 41.2. The molecule has 2 amide bonds. The first kappa shape index (κ1) is 36.2. The van der Waals surface area contributed by atoms with Crippen molar-refractivity contribution in [2.45, 2.75) is 68.2 Å². The van der Waals surface area contributed by atoms with Gasteiger partial charge in [0, 0.05) is 26.4 Å². The van der Waals surface area contributed by atoms with Crippen LogP contribution in [0.15, 0.2) is 0 Å². The molecule has 30 heavy (non-hydrogen) atoms. The predicted molar refractivity (Wildman–Crippen MR) is 124 cm³/mol. The van der Waals surface area contributed by atoms with E-state index in [1.54, 1.807) is 0 Å². The average molecular weight is 439 g/mol. The molecule has 0 aromatic rings. The van der Waals surface area contributed by atoms with E-state index in [1.165, 1.54) is 6.92 Å². The highest BCUT2D eigenvalue weighted by Gasteiger charge is 1.97. The van der Waals surface area contributed by atoms with Gasteiger partial charge in [-0.25, -0.2) is 0 Å². The van der Waals surface area contributed by atoms with Crippen LogP contribution in [0.5, 0.6) is 0 Å². The quantitative estimate of drug-likeness (QED) is 0.339. The number of carbonyl (C=O) groups excluding carboxylic acids is 2. The first-order valence-corrected chi connectivity index (χ1v) is 11.5. The van der Waals surface area contributed by atoms with Gasteiger partial charge in [0.25, 0.3) is 0 Å². The number of nitrogens with one attached hydrogen (secondary N) is 2. The molecule has 0 bridgehead atoms. The highest BCUT2D eigenvalue weighted by molar-refractivity contribution is 5.75. The molecular formula is C22H50N2O6. The van der Waals surface area contributed by atoms with E-state index in [0.29, 0.717) is 72.4 Å². The lowest BCUT2D eigenvalue weighted by Gasteiger charge is -2.08. The van der Waals surface area contributed by atoms with E-state index in [1.807, 2.05) is 48.5 Å². The second kappa shape index (κ2) is 38.4. The van der Waals surface area contributed by atoms with E-state index in [2.05, 4.69) is 10.6 Å². The highest BCUT2D eigenvalue weighted by atomic mass is 16.6. The summed E-state index contributed by atoms with van der Waals surface area (Å²) in [6.45, 7) is 20.5. The Labute approximate surface area is 185 Å². The molecule has 8 nitrogen and oxygen atoms in total. The summed E-state index contributed by atoms with van der Waals surface area (Å²) in [7, 11) is 0. The van der Waals surface area contributed by atoms with Gasteiger partial charge in [-0.3, -0.25) is 9.59 Å². The summed E-state index contributed by atoms with van der Waals surface area (Å²) in [5.74, 6) is 0.00539. The summed E-state index contributed by atoms with van der Waals surface area (Å²) in [4.78, 5) is 21.8. The lowest BCUT2D eigenvalue weighted by Crippen LogP contribution is -2.27. The molecular weight excluding hydrogens is 388 g/mol. The summed E-state index contributed by atoms with van der Waals surface area (Å²) >= 11 is 0. The molecule has 2 N–H and O–H groups in total. The molecule has 0 fully saturated rings. The van der Waals surface area contributed by atoms with Gasteiger partial charge < -0.3 is 29.6 Å². The zero-order valence-electron chi connectivity index (χ0n) is 20.9. The molecule has 0 aromatic heterocycles. The van der Waals surface area contributed by atoms with E-state index in [4.69, 9.17) is 18.9 Å². The summed E-state index contributed by atoms with van der Waals surface area (Å²) in [5.41, 5.74) is 0. The van der Waals surface area contributed by atoms with Crippen molar-refractivity contribution in [3.05, 3.63) is 0 Å². The van der Waals surface area contributed by atoms with E-state index >= 15 is 0 Å². The second-order valence-corrected chi connectivity index (χ2v) is 5.03. The summed E-state index contributed by atoms with van der Waals surface area (Å²) < 4.78 is 21.3. The van der Waals surface area contributed by atoms with Crippen LogP contribution in [-0.4, -0.2) is 77.8 Å². The summed E-state index contributed by atoms with van der Waals surface area (Å²) in [6, 6.07) is 0. The van der Waals surface area contributed by atoms with Gasteiger partial charge in [0.15, 0.2) is 0 Å². The van der Waals surface area contributed by atoms with E-state index in [9.17, 15) is 9.59 Å². The number of carbonyl (C=O) groups is 2. The van der Waals surface area contributed by atoms with Crippen LogP contribution in [-0.2, 0) is 28.5 Å². The zero-order valence-corrected chi connectivity index (χ0v) is 20.9. The molecule has 0 rings (SSSR count). The van der Waals surface area contributed by atoms with Gasteiger partial charge in [-0.2, -0.15) is 0 Å². The van der Waals surface area contributed by atoms with Gasteiger partial charge in [-0.1, -0.05) is 48.5 Å². The molecule has 0 atom stereocenters. The number of ether oxygens (including phenoxy) is 4. The standard InChI is InChI=1S/C16H32N2O6.3C2H6/c1-3-4-16(20)18-6-8-22-10-12-24-14-13-23-11-9-21-7-5-17-15(2)19;3*1-2/h3-14H2,1-2H3,(H,17,19)(H,18,20);3*1-2H3.